The first-order chi connectivity index (χ1) is 10.5. The molecule has 1 aromatic carbocycles. The van der Waals surface area contributed by atoms with Gasteiger partial charge in [-0.2, -0.15) is 0 Å². The largest absolute Gasteiger partial charge is 1.00 e. The summed E-state index contributed by atoms with van der Waals surface area (Å²) in [4.78, 5) is 21.2. The van der Waals surface area contributed by atoms with Crippen LogP contribution in [0.3, 0.4) is 0 Å². The van der Waals surface area contributed by atoms with Gasteiger partial charge in [0.25, 0.3) is 5.91 Å². The number of aliphatic hydroxyl groups excluding tert-OH is 1. The van der Waals surface area contributed by atoms with Crippen molar-refractivity contribution in [1.82, 2.24) is 5.32 Å². The maximum atomic E-state index is 10.9. The number of aliphatic carboxylic acids is 1. The van der Waals surface area contributed by atoms with E-state index in [-0.39, 0.29) is 37.6 Å². The molecule has 8 heteroatoms. The molecule has 0 aliphatic carbocycles. The van der Waals surface area contributed by atoms with Crippen molar-refractivity contribution in [2.24, 2.45) is 0 Å². The Hall–Kier alpha value is -1.52. The summed E-state index contributed by atoms with van der Waals surface area (Å²) in [6.45, 7) is 0.541. The molecule has 1 aromatic rings. The Morgan fingerprint density at radius 1 is 1.43 bits per heavy atom. The number of fused-ring (bicyclic) bond motifs is 4. The van der Waals surface area contributed by atoms with Crippen LogP contribution >= 0.6 is 0 Å². The number of carboxylic acids is 1. The molecule has 118 valence electrons. The van der Waals surface area contributed by atoms with Gasteiger partial charge < -0.3 is 30.4 Å². The molecule has 2 heterocycles. The number of carbonyl (C=O) groups is 2. The predicted molar refractivity (Wildman–Crippen MR) is 74.9 cm³/mol. The van der Waals surface area contributed by atoms with Gasteiger partial charge in [-0.15, -0.1) is 0 Å². The first-order valence-corrected chi connectivity index (χ1v) is 7.23. The van der Waals surface area contributed by atoms with Gasteiger partial charge >= 0.3 is 18.9 Å². The molecule has 3 N–H and O–H groups in total. The van der Waals surface area contributed by atoms with Crippen LogP contribution < -0.4 is 34.6 Å². The molecular formula is C15H17LiN2O5. The van der Waals surface area contributed by atoms with Gasteiger partial charge in [-0.1, -0.05) is 12.1 Å². The number of anilines is 1. The fourth-order valence-corrected chi connectivity index (χ4v) is 2.92. The van der Waals surface area contributed by atoms with E-state index < -0.39 is 18.0 Å². The van der Waals surface area contributed by atoms with Crippen LogP contribution in [0.1, 0.15) is 23.7 Å². The molecule has 1 fully saturated rings. The molecule has 3 rings (SSSR count). The van der Waals surface area contributed by atoms with Crippen molar-refractivity contribution in [3.8, 4) is 0 Å². The van der Waals surface area contributed by atoms with Crippen molar-refractivity contribution in [2.75, 3.05) is 18.5 Å². The fraction of sp³-hybridized carbons (Fsp3) is 0.467. The van der Waals surface area contributed by atoms with Crippen LogP contribution in [0.4, 0.5) is 5.69 Å². The molecular weight excluding hydrogens is 295 g/mol. The average molecular weight is 312 g/mol. The van der Waals surface area contributed by atoms with E-state index in [9.17, 15) is 19.8 Å². The van der Waals surface area contributed by atoms with Crippen LogP contribution in [0.5, 0.6) is 0 Å². The number of hydrogen-bond donors (Lipinski definition) is 3. The van der Waals surface area contributed by atoms with Crippen LogP contribution in [-0.4, -0.2) is 42.3 Å². The zero-order chi connectivity index (χ0) is 15.7. The van der Waals surface area contributed by atoms with Crippen LogP contribution in [0.25, 0.3) is 0 Å². The molecule has 2 bridgehead atoms. The minimum atomic E-state index is -1.73. The first-order valence-electron chi connectivity index (χ1n) is 7.23. The van der Waals surface area contributed by atoms with Crippen LogP contribution in [0, 0.1) is 0 Å². The number of nitrogens with one attached hydrogen (secondary N) is 2. The van der Waals surface area contributed by atoms with E-state index in [1.807, 2.05) is 18.2 Å². The third-order valence-corrected chi connectivity index (χ3v) is 4.09. The van der Waals surface area contributed by atoms with E-state index in [0.717, 1.165) is 23.2 Å². The molecule has 3 atom stereocenters. The molecule has 23 heavy (non-hydrogen) atoms. The van der Waals surface area contributed by atoms with Crippen LogP contribution in [0.15, 0.2) is 18.2 Å². The third kappa shape index (κ3) is 3.87. The summed E-state index contributed by atoms with van der Waals surface area (Å²) in [6, 6.07) is 5.84. The minimum absolute atomic E-state index is 0. The van der Waals surface area contributed by atoms with Crippen LogP contribution in [0.2, 0.25) is 0 Å². The van der Waals surface area contributed by atoms with Crippen LogP contribution in [-0.2, 0) is 20.7 Å². The molecule has 0 saturated carbocycles. The number of benzene rings is 1. The maximum absolute atomic E-state index is 10.9. The SMILES string of the molecule is O=C([O-])C(=O)NCCc1ccc2c(c1)[C@H]1C[C@@H](N2)[C@H](O)CO1.[Li+]. The van der Waals surface area contributed by atoms with Gasteiger partial charge in [0.1, 0.15) is 5.97 Å². The first kappa shape index (κ1) is 17.8. The second-order valence-corrected chi connectivity index (χ2v) is 5.59. The second kappa shape index (κ2) is 7.37. The van der Waals surface area contributed by atoms with Crippen molar-refractivity contribution >= 4 is 17.6 Å². The number of aliphatic hydroxyl groups is 1. The summed E-state index contributed by atoms with van der Waals surface area (Å²) in [6.07, 6.45) is 0.704. The molecule has 7 nitrogen and oxygen atoms in total. The van der Waals surface area contributed by atoms with E-state index >= 15 is 0 Å². The van der Waals surface area contributed by atoms with Gasteiger partial charge in [-0.05, 0) is 18.1 Å². The van der Waals surface area contributed by atoms with Gasteiger partial charge in [0.05, 0.1) is 24.9 Å². The zero-order valence-corrected chi connectivity index (χ0v) is 12.9. The number of ether oxygens (including phenoxy) is 1. The van der Waals surface area contributed by atoms with Gasteiger partial charge in [-0.3, -0.25) is 4.79 Å². The van der Waals surface area contributed by atoms with Crippen molar-refractivity contribution in [3.05, 3.63) is 29.3 Å². The van der Waals surface area contributed by atoms with E-state index in [4.69, 9.17) is 4.74 Å². The van der Waals surface area contributed by atoms with Gasteiger partial charge in [-0.25, -0.2) is 0 Å². The molecule has 0 unspecified atom stereocenters. The van der Waals surface area contributed by atoms with E-state index in [1.165, 1.54) is 0 Å². The zero-order valence-electron chi connectivity index (χ0n) is 12.9. The quantitative estimate of drug-likeness (QED) is 0.385. The number of carbonyl (C=O) groups excluding carboxylic acids is 2. The maximum Gasteiger partial charge on any atom is 1.00 e. The minimum Gasteiger partial charge on any atom is -0.540 e. The number of carboxylic acid groups (broad SMARTS) is 1. The third-order valence-electron chi connectivity index (χ3n) is 4.09. The Kier molecular flexibility index (Phi) is 5.71. The summed E-state index contributed by atoms with van der Waals surface area (Å²) in [5.74, 6) is -2.83. The van der Waals surface area contributed by atoms with E-state index in [0.29, 0.717) is 13.0 Å². The predicted octanol–water partition coefficient (Wildman–Crippen LogP) is -4.28. The number of rotatable bonds is 3. The number of hydrogen-bond acceptors (Lipinski definition) is 6. The summed E-state index contributed by atoms with van der Waals surface area (Å²) in [5, 5.41) is 25.7. The average Bonchev–Trinajstić information content (AvgIpc) is 2.51. The van der Waals surface area contributed by atoms with Gasteiger partial charge in [0, 0.05) is 24.2 Å². The summed E-state index contributed by atoms with van der Waals surface area (Å²) < 4.78 is 5.67. The molecule has 0 spiro atoms. The second-order valence-electron chi connectivity index (χ2n) is 5.59. The Morgan fingerprint density at radius 3 is 2.96 bits per heavy atom. The normalized spacial score (nSPS) is 24.7. The molecule has 1 amide bonds. The molecule has 1 saturated heterocycles. The smallest absolute Gasteiger partial charge is 0.540 e. The topological polar surface area (TPSA) is 111 Å². The van der Waals surface area contributed by atoms with Crippen molar-refractivity contribution in [2.45, 2.75) is 31.1 Å². The number of amides is 1. The monoisotopic (exact) mass is 312 g/mol. The Bertz CT molecular complexity index is 610. The summed E-state index contributed by atoms with van der Waals surface area (Å²) >= 11 is 0. The van der Waals surface area contributed by atoms with E-state index in [2.05, 4.69) is 10.6 Å². The van der Waals surface area contributed by atoms with Crippen molar-refractivity contribution < 1.29 is 43.4 Å². The Labute approximate surface area is 145 Å². The fourth-order valence-electron chi connectivity index (χ4n) is 2.92. The standard InChI is InChI=1S/C15H18N2O5.Li/c18-12-7-22-13-6-11(12)17-10-2-1-8(5-9(10)13)3-4-16-14(19)15(20)21;/h1-2,5,11-13,17-18H,3-4,6-7H2,(H,16,19)(H,20,21);/q;+1/p-1/t11-,12-,13-;/m1./s1. The van der Waals surface area contributed by atoms with Crippen molar-refractivity contribution in [1.29, 1.82) is 0 Å². The Morgan fingerprint density at radius 2 is 2.22 bits per heavy atom. The molecule has 0 aromatic heterocycles. The van der Waals surface area contributed by atoms with E-state index in [1.54, 1.807) is 0 Å². The summed E-state index contributed by atoms with van der Waals surface area (Å²) in [7, 11) is 0. The summed E-state index contributed by atoms with van der Waals surface area (Å²) in [5.41, 5.74) is 2.96. The van der Waals surface area contributed by atoms with Gasteiger partial charge in [0.2, 0.25) is 0 Å². The van der Waals surface area contributed by atoms with Gasteiger partial charge in [0.15, 0.2) is 0 Å². The molecule has 2 aliphatic heterocycles. The molecule has 2 aliphatic rings. The Balaban J connectivity index is 0.00000192. The van der Waals surface area contributed by atoms with Crippen molar-refractivity contribution in [3.63, 3.8) is 0 Å². The molecule has 0 radical (unpaired) electrons.